The maximum Gasteiger partial charge on any atom is 0.348 e. The summed E-state index contributed by atoms with van der Waals surface area (Å²) in [6, 6.07) is 10.6. The molecule has 0 amide bonds. The van der Waals surface area contributed by atoms with Crippen LogP contribution < -0.4 is 0 Å². The molecule has 0 atom stereocenters. The number of esters is 1. The van der Waals surface area contributed by atoms with E-state index in [0.29, 0.717) is 5.56 Å². The molecule has 16 heavy (non-hydrogen) atoms. The number of methoxy groups -OCH3 is 1. The number of carbonyl (C=O) groups excluding carboxylic acids is 1. The van der Waals surface area contributed by atoms with Gasteiger partial charge in [-0.1, -0.05) is 41.7 Å². The highest BCUT2D eigenvalue weighted by atomic mass is 32.1. The smallest absolute Gasteiger partial charge is 0.348 e. The van der Waals surface area contributed by atoms with Crippen LogP contribution in [0.2, 0.25) is 0 Å². The Hall–Kier alpha value is -1.68. The molecule has 1 aromatic carbocycles. The fourth-order valence-electron chi connectivity index (χ4n) is 1.38. The molecule has 0 N–H and O–H groups in total. The van der Waals surface area contributed by atoms with Crippen LogP contribution in [-0.4, -0.2) is 13.1 Å². The fraction of sp³-hybridized carbons (Fsp3) is 0.0833. The summed E-state index contributed by atoms with van der Waals surface area (Å²) in [5, 5.41) is -0.369. The van der Waals surface area contributed by atoms with Crippen molar-refractivity contribution in [3.05, 3.63) is 46.4 Å². The fourth-order valence-corrected chi connectivity index (χ4v) is 2.21. The molecule has 0 aliphatic rings. The Morgan fingerprint density at radius 2 is 2.00 bits per heavy atom. The SMILES string of the molecule is COC(=O)c1cc(-c2ccccc2)c(F)s1. The van der Waals surface area contributed by atoms with Crippen molar-refractivity contribution in [1.82, 2.24) is 0 Å². The second-order valence-electron chi connectivity index (χ2n) is 3.16. The van der Waals surface area contributed by atoms with Crippen molar-refractivity contribution in [3.63, 3.8) is 0 Å². The number of halogens is 1. The maximum absolute atomic E-state index is 13.6. The lowest BCUT2D eigenvalue weighted by molar-refractivity contribution is 0.0606. The monoisotopic (exact) mass is 236 g/mol. The molecule has 0 aliphatic heterocycles. The lowest BCUT2D eigenvalue weighted by Gasteiger charge is -1.96. The van der Waals surface area contributed by atoms with Gasteiger partial charge in [0.2, 0.25) is 0 Å². The normalized spacial score (nSPS) is 10.1. The number of thiophene rings is 1. The van der Waals surface area contributed by atoms with Crippen LogP contribution in [0.15, 0.2) is 36.4 Å². The number of benzene rings is 1. The molecule has 0 saturated carbocycles. The zero-order valence-electron chi connectivity index (χ0n) is 8.57. The quantitative estimate of drug-likeness (QED) is 0.747. The van der Waals surface area contributed by atoms with E-state index in [9.17, 15) is 9.18 Å². The van der Waals surface area contributed by atoms with Gasteiger partial charge in [-0.3, -0.25) is 0 Å². The lowest BCUT2D eigenvalue weighted by atomic mass is 10.1. The van der Waals surface area contributed by atoms with Crippen LogP contribution in [0.3, 0.4) is 0 Å². The van der Waals surface area contributed by atoms with Gasteiger partial charge in [-0.05, 0) is 11.6 Å². The molecule has 1 heterocycles. The van der Waals surface area contributed by atoms with E-state index in [2.05, 4.69) is 4.74 Å². The second-order valence-corrected chi connectivity index (χ2v) is 4.16. The summed E-state index contributed by atoms with van der Waals surface area (Å²) < 4.78 is 18.1. The minimum absolute atomic E-state index is 0.277. The van der Waals surface area contributed by atoms with Crippen molar-refractivity contribution in [3.8, 4) is 11.1 Å². The number of carbonyl (C=O) groups is 1. The third-order valence-electron chi connectivity index (χ3n) is 2.16. The first-order valence-corrected chi connectivity index (χ1v) is 5.47. The van der Waals surface area contributed by atoms with Crippen LogP contribution >= 0.6 is 11.3 Å². The Bertz CT molecular complexity index is 505. The van der Waals surface area contributed by atoms with Gasteiger partial charge in [-0.25, -0.2) is 4.79 Å². The third kappa shape index (κ3) is 1.97. The van der Waals surface area contributed by atoms with Gasteiger partial charge in [0.05, 0.1) is 7.11 Å². The molecule has 0 saturated heterocycles. The molecule has 0 bridgehead atoms. The summed E-state index contributed by atoms with van der Waals surface area (Å²) in [7, 11) is 1.28. The van der Waals surface area contributed by atoms with Crippen LogP contribution in [-0.2, 0) is 4.74 Å². The van der Waals surface area contributed by atoms with Gasteiger partial charge in [0.15, 0.2) is 5.13 Å². The van der Waals surface area contributed by atoms with Crippen LogP contribution in [0.4, 0.5) is 4.39 Å². The number of rotatable bonds is 2. The Balaban J connectivity index is 2.44. The predicted octanol–water partition coefficient (Wildman–Crippen LogP) is 3.34. The average molecular weight is 236 g/mol. The first-order chi connectivity index (χ1) is 7.72. The second kappa shape index (κ2) is 4.45. The van der Waals surface area contributed by atoms with Gasteiger partial charge >= 0.3 is 5.97 Å². The van der Waals surface area contributed by atoms with E-state index in [1.54, 1.807) is 12.1 Å². The number of hydrogen-bond acceptors (Lipinski definition) is 3. The minimum atomic E-state index is -0.508. The minimum Gasteiger partial charge on any atom is -0.465 e. The third-order valence-corrected chi connectivity index (χ3v) is 3.06. The summed E-state index contributed by atoms with van der Waals surface area (Å²) >= 11 is 0.801. The molecule has 0 fully saturated rings. The summed E-state index contributed by atoms with van der Waals surface area (Å²) in [5.41, 5.74) is 1.19. The van der Waals surface area contributed by atoms with Crippen LogP contribution in [0, 0.1) is 5.13 Å². The van der Waals surface area contributed by atoms with Gasteiger partial charge < -0.3 is 4.74 Å². The van der Waals surface area contributed by atoms with Crippen molar-refractivity contribution in [2.24, 2.45) is 0 Å². The van der Waals surface area contributed by atoms with Crippen molar-refractivity contribution in [2.75, 3.05) is 7.11 Å². The zero-order valence-corrected chi connectivity index (χ0v) is 9.38. The van der Waals surface area contributed by atoms with Crippen molar-refractivity contribution in [2.45, 2.75) is 0 Å². The summed E-state index contributed by atoms with van der Waals surface area (Å²) in [4.78, 5) is 11.5. The van der Waals surface area contributed by atoms with E-state index in [-0.39, 0.29) is 10.0 Å². The summed E-state index contributed by atoms with van der Waals surface area (Å²) in [5.74, 6) is -0.508. The maximum atomic E-state index is 13.6. The Morgan fingerprint density at radius 1 is 1.31 bits per heavy atom. The first kappa shape index (κ1) is 10.8. The van der Waals surface area contributed by atoms with Gasteiger partial charge in [-0.2, -0.15) is 4.39 Å². The lowest BCUT2D eigenvalue weighted by Crippen LogP contribution is -1.96. The van der Waals surface area contributed by atoms with Gasteiger partial charge in [0.1, 0.15) is 4.88 Å². The van der Waals surface area contributed by atoms with E-state index in [0.717, 1.165) is 16.9 Å². The molecule has 0 spiro atoms. The molecule has 0 unspecified atom stereocenters. The molecule has 82 valence electrons. The molecule has 2 rings (SSSR count). The van der Waals surface area contributed by atoms with Crippen LogP contribution in [0.5, 0.6) is 0 Å². The zero-order chi connectivity index (χ0) is 11.5. The largest absolute Gasteiger partial charge is 0.465 e. The van der Waals surface area contributed by atoms with E-state index < -0.39 is 5.97 Å². The highest BCUT2D eigenvalue weighted by Gasteiger charge is 2.15. The van der Waals surface area contributed by atoms with Crippen molar-refractivity contribution < 1.29 is 13.9 Å². The highest BCUT2D eigenvalue weighted by Crippen LogP contribution is 2.30. The average Bonchev–Trinajstić information content (AvgIpc) is 2.71. The summed E-state index contributed by atoms with van der Waals surface area (Å²) in [6.45, 7) is 0. The van der Waals surface area contributed by atoms with E-state index in [1.165, 1.54) is 13.2 Å². The predicted molar refractivity (Wildman–Crippen MR) is 61.1 cm³/mol. The Morgan fingerprint density at radius 3 is 2.62 bits per heavy atom. The number of ether oxygens (including phenoxy) is 1. The van der Waals surface area contributed by atoms with Crippen molar-refractivity contribution >= 4 is 17.3 Å². The topological polar surface area (TPSA) is 26.3 Å². The number of hydrogen-bond donors (Lipinski definition) is 0. The van der Waals surface area contributed by atoms with Gasteiger partial charge in [-0.15, -0.1) is 0 Å². The summed E-state index contributed by atoms with van der Waals surface area (Å²) in [6.07, 6.45) is 0. The molecule has 2 aromatic rings. The molecule has 0 radical (unpaired) electrons. The van der Waals surface area contributed by atoms with Gasteiger partial charge in [0, 0.05) is 5.56 Å². The molecule has 2 nitrogen and oxygen atoms in total. The van der Waals surface area contributed by atoms with E-state index in [1.807, 2.05) is 18.2 Å². The Labute approximate surface area is 96.3 Å². The van der Waals surface area contributed by atoms with E-state index >= 15 is 0 Å². The van der Waals surface area contributed by atoms with Crippen molar-refractivity contribution in [1.29, 1.82) is 0 Å². The standard InChI is InChI=1S/C12H9FO2S/c1-15-12(14)10-7-9(11(13)16-10)8-5-3-2-4-6-8/h2-7H,1H3. The van der Waals surface area contributed by atoms with E-state index in [4.69, 9.17) is 0 Å². The molecule has 4 heteroatoms. The molecule has 0 aliphatic carbocycles. The van der Waals surface area contributed by atoms with Gasteiger partial charge in [0.25, 0.3) is 0 Å². The molecule has 1 aromatic heterocycles. The molecular weight excluding hydrogens is 227 g/mol. The molecular formula is C12H9FO2S. The highest BCUT2D eigenvalue weighted by molar-refractivity contribution is 7.12. The van der Waals surface area contributed by atoms with Crippen LogP contribution in [0.25, 0.3) is 11.1 Å². The Kier molecular flexibility index (Phi) is 3.01. The van der Waals surface area contributed by atoms with Crippen LogP contribution in [0.1, 0.15) is 9.67 Å². The first-order valence-electron chi connectivity index (χ1n) is 4.65.